The van der Waals surface area contributed by atoms with Crippen LogP contribution in [0.5, 0.6) is 0 Å². The Morgan fingerprint density at radius 3 is 2.20 bits per heavy atom. The van der Waals surface area contributed by atoms with Gasteiger partial charge in [-0.25, -0.2) is 4.79 Å². The summed E-state index contributed by atoms with van der Waals surface area (Å²) in [5.74, 6) is -0.549. The number of ether oxygens (including phenoxy) is 1. The van der Waals surface area contributed by atoms with Crippen molar-refractivity contribution in [2.45, 2.75) is 64.1 Å². The van der Waals surface area contributed by atoms with Crippen molar-refractivity contribution in [1.29, 1.82) is 0 Å². The van der Waals surface area contributed by atoms with Crippen molar-refractivity contribution < 1.29 is 19.1 Å². The van der Waals surface area contributed by atoms with Crippen LogP contribution in [0.25, 0.3) is 0 Å². The Morgan fingerprint density at radius 1 is 1.08 bits per heavy atom. The van der Waals surface area contributed by atoms with Gasteiger partial charge < -0.3 is 10.1 Å². The van der Waals surface area contributed by atoms with E-state index < -0.39 is 11.7 Å². The monoisotopic (exact) mass is 344 g/mol. The first-order valence-corrected chi connectivity index (χ1v) is 8.74. The van der Waals surface area contributed by atoms with Crippen LogP contribution < -0.4 is 5.32 Å². The third kappa shape index (κ3) is 3.52. The third-order valence-corrected chi connectivity index (χ3v) is 4.59. The average molecular weight is 344 g/mol. The molecule has 0 spiro atoms. The van der Waals surface area contributed by atoms with E-state index in [4.69, 9.17) is 4.74 Å². The molecular formula is C19H24N2O4. The number of benzene rings is 1. The molecule has 2 aliphatic rings. The zero-order valence-corrected chi connectivity index (χ0v) is 14.9. The molecule has 1 aliphatic heterocycles. The van der Waals surface area contributed by atoms with Gasteiger partial charge in [0.1, 0.15) is 5.60 Å². The number of rotatable bonds is 2. The molecule has 1 saturated carbocycles. The fourth-order valence-electron chi connectivity index (χ4n) is 3.56. The lowest BCUT2D eigenvalue weighted by Crippen LogP contribution is -2.55. The van der Waals surface area contributed by atoms with Crippen molar-refractivity contribution in [3.8, 4) is 0 Å². The maximum absolute atomic E-state index is 12.7. The van der Waals surface area contributed by atoms with Crippen LogP contribution in [0.1, 0.15) is 67.2 Å². The molecule has 6 heteroatoms. The van der Waals surface area contributed by atoms with Crippen LogP contribution in [-0.2, 0) is 4.74 Å². The number of imide groups is 1. The standard InChI is InChI=1S/C19H24N2O4/c1-19(2,3)25-18(24)20-14-10-6-7-11-15(14)21-16(22)12-8-4-5-9-13(12)17(21)23/h4-5,8-9,14-15H,6-7,10-11H2,1-3H3,(H,20,24)/t14-,15+/m0/s1. The Labute approximate surface area is 147 Å². The number of nitrogens with zero attached hydrogens (tertiary/aromatic N) is 1. The average Bonchev–Trinajstić information content (AvgIpc) is 2.78. The Balaban J connectivity index is 1.79. The quantitative estimate of drug-likeness (QED) is 0.837. The van der Waals surface area contributed by atoms with E-state index >= 15 is 0 Å². The number of amides is 3. The predicted octanol–water partition coefficient (Wildman–Crippen LogP) is 3.12. The topological polar surface area (TPSA) is 75.7 Å². The summed E-state index contributed by atoms with van der Waals surface area (Å²) in [4.78, 5) is 38.9. The minimum atomic E-state index is -0.593. The van der Waals surface area contributed by atoms with E-state index in [2.05, 4.69) is 5.32 Å². The molecule has 1 aliphatic carbocycles. The second-order valence-corrected chi connectivity index (χ2v) is 7.63. The number of hydrogen-bond acceptors (Lipinski definition) is 4. The molecule has 1 fully saturated rings. The number of nitrogens with one attached hydrogen (secondary N) is 1. The van der Waals surface area contributed by atoms with Crippen LogP contribution in [0.4, 0.5) is 4.79 Å². The van der Waals surface area contributed by atoms with E-state index in [9.17, 15) is 14.4 Å². The lowest BCUT2D eigenvalue weighted by molar-refractivity contribution is 0.0371. The van der Waals surface area contributed by atoms with Gasteiger partial charge in [-0.05, 0) is 45.7 Å². The van der Waals surface area contributed by atoms with Crippen LogP contribution in [0.15, 0.2) is 24.3 Å². The summed E-state index contributed by atoms with van der Waals surface area (Å²) in [6, 6.07) is 6.23. The molecular weight excluding hydrogens is 320 g/mol. The fourth-order valence-corrected chi connectivity index (χ4v) is 3.56. The summed E-state index contributed by atoms with van der Waals surface area (Å²) in [5.41, 5.74) is 0.284. The minimum Gasteiger partial charge on any atom is -0.444 e. The van der Waals surface area contributed by atoms with Gasteiger partial charge in [0, 0.05) is 0 Å². The van der Waals surface area contributed by atoms with E-state index in [0.717, 1.165) is 19.3 Å². The highest BCUT2D eigenvalue weighted by Crippen LogP contribution is 2.31. The van der Waals surface area contributed by atoms with E-state index in [1.807, 2.05) is 0 Å². The Bertz CT molecular complexity index is 673. The molecule has 0 unspecified atom stereocenters. The molecule has 3 rings (SSSR count). The zero-order valence-electron chi connectivity index (χ0n) is 14.9. The van der Waals surface area contributed by atoms with Gasteiger partial charge in [-0.3, -0.25) is 14.5 Å². The summed E-state index contributed by atoms with van der Waals surface area (Å²) in [6.07, 6.45) is 2.76. The van der Waals surface area contributed by atoms with E-state index in [1.165, 1.54) is 4.90 Å². The fraction of sp³-hybridized carbons (Fsp3) is 0.526. The van der Waals surface area contributed by atoms with Crippen LogP contribution in [0.2, 0.25) is 0 Å². The molecule has 1 aromatic rings. The highest BCUT2D eigenvalue weighted by molar-refractivity contribution is 6.21. The SMILES string of the molecule is CC(C)(C)OC(=O)N[C@H]1CCCC[C@H]1N1C(=O)c2ccccc2C1=O. The van der Waals surface area contributed by atoms with Gasteiger partial charge in [-0.15, -0.1) is 0 Å². The molecule has 134 valence electrons. The molecule has 1 aromatic carbocycles. The highest BCUT2D eigenvalue weighted by Gasteiger charge is 2.43. The van der Waals surface area contributed by atoms with Gasteiger partial charge in [0.15, 0.2) is 0 Å². The molecule has 1 heterocycles. The molecule has 2 atom stereocenters. The lowest BCUT2D eigenvalue weighted by atomic mass is 9.89. The van der Waals surface area contributed by atoms with Crippen LogP contribution in [-0.4, -0.2) is 40.5 Å². The van der Waals surface area contributed by atoms with Crippen LogP contribution in [0.3, 0.4) is 0 Å². The number of carbonyl (C=O) groups excluding carboxylic acids is 3. The van der Waals surface area contributed by atoms with E-state index in [-0.39, 0.29) is 23.9 Å². The zero-order chi connectivity index (χ0) is 18.2. The molecule has 0 aromatic heterocycles. The first-order chi connectivity index (χ1) is 11.8. The Kier molecular flexibility index (Phi) is 4.54. The van der Waals surface area contributed by atoms with Crippen molar-refractivity contribution in [2.75, 3.05) is 0 Å². The number of alkyl carbamates (subject to hydrolysis) is 1. The normalized spacial score (nSPS) is 23.4. The van der Waals surface area contributed by atoms with Crippen molar-refractivity contribution in [1.82, 2.24) is 10.2 Å². The number of fused-ring (bicyclic) bond motifs is 1. The molecule has 25 heavy (non-hydrogen) atoms. The third-order valence-electron chi connectivity index (χ3n) is 4.59. The summed E-state index contributed by atoms with van der Waals surface area (Å²) >= 11 is 0. The Morgan fingerprint density at radius 2 is 1.64 bits per heavy atom. The van der Waals surface area contributed by atoms with Crippen molar-refractivity contribution >= 4 is 17.9 Å². The second-order valence-electron chi connectivity index (χ2n) is 7.63. The van der Waals surface area contributed by atoms with Gasteiger partial charge in [0.25, 0.3) is 11.8 Å². The largest absolute Gasteiger partial charge is 0.444 e. The molecule has 3 amide bonds. The first-order valence-electron chi connectivity index (χ1n) is 8.74. The van der Waals surface area contributed by atoms with Crippen LogP contribution in [0, 0.1) is 0 Å². The maximum Gasteiger partial charge on any atom is 0.407 e. The van der Waals surface area contributed by atoms with Crippen LogP contribution >= 0.6 is 0 Å². The highest BCUT2D eigenvalue weighted by atomic mass is 16.6. The minimum absolute atomic E-state index is 0.275. The van der Waals surface area contributed by atoms with Crippen molar-refractivity contribution in [2.24, 2.45) is 0 Å². The summed E-state index contributed by atoms with van der Waals surface area (Å²) in [6.45, 7) is 5.40. The molecule has 0 saturated heterocycles. The van der Waals surface area contributed by atoms with Crippen molar-refractivity contribution in [3.63, 3.8) is 0 Å². The van der Waals surface area contributed by atoms with Gasteiger partial charge in [-0.2, -0.15) is 0 Å². The van der Waals surface area contributed by atoms with E-state index in [0.29, 0.717) is 17.5 Å². The second kappa shape index (κ2) is 6.50. The smallest absolute Gasteiger partial charge is 0.407 e. The number of hydrogen-bond donors (Lipinski definition) is 1. The van der Waals surface area contributed by atoms with E-state index in [1.54, 1.807) is 45.0 Å². The molecule has 6 nitrogen and oxygen atoms in total. The molecule has 0 radical (unpaired) electrons. The van der Waals surface area contributed by atoms with Gasteiger partial charge >= 0.3 is 6.09 Å². The lowest BCUT2D eigenvalue weighted by Gasteiger charge is -2.37. The van der Waals surface area contributed by atoms with Gasteiger partial charge in [-0.1, -0.05) is 25.0 Å². The first kappa shape index (κ1) is 17.5. The maximum atomic E-state index is 12.7. The number of carbonyl (C=O) groups is 3. The Hall–Kier alpha value is -2.37. The predicted molar refractivity (Wildman–Crippen MR) is 92.4 cm³/mol. The summed E-state index contributed by atoms with van der Waals surface area (Å²) in [7, 11) is 0. The van der Waals surface area contributed by atoms with Gasteiger partial charge in [0.2, 0.25) is 0 Å². The van der Waals surface area contributed by atoms with Gasteiger partial charge in [0.05, 0.1) is 23.2 Å². The summed E-state index contributed by atoms with van der Waals surface area (Å²) < 4.78 is 5.33. The summed E-state index contributed by atoms with van der Waals surface area (Å²) in [5, 5.41) is 2.86. The molecule has 1 N–H and O–H groups in total. The molecule has 0 bridgehead atoms. The van der Waals surface area contributed by atoms with Crippen molar-refractivity contribution in [3.05, 3.63) is 35.4 Å².